The fourth-order valence-corrected chi connectivity index (χ4v) is 3.74. The number of aliphatic hydroxyl groups excluding tert-OH is 1. The van der Waals surface area contributed by atoms with Crippen molar-refractivity contribution >= 4 is 0 Å². The molecule has 0 saturated carbocycles. The van der Waals surface area contributed by atoms with Crippen LogP contribution in [0, 0.1) is 0 Å². The van der Waals surface area contributed by atoms with E-state index < -0.39 is 0 Å². The molecule has 1 aliphatic heterocycles. The van der Waals surface area contributed by atoms with Crippen molar-refractivity contribution in [2.24, 2.45) is 0 Å². The topological polar surface area (TPSA) is 32.7 Å². The molecule has 1 saturated heterocycles. The Kier molecular flexibility index (Phi) is 8.79. The first-order valence-electron chi connectivity index (χ1n) is 9.79. The van der Waals surface area contributed by atoms with Gasteiger partial charge in [-0.25, -0.2) is 0 Å². The predicted octanol–water partition coefficient (Wildman–Crippen LogP) is 4.39. The number of ether oxygens (including phenoxy) is 1. The molecule has 1 fully saturated rings. The molecule has 1 N–H and O–H groups in total. The second kappa shape index (κ2) is 10.9. The van der Waals surface area contributed by atoms with Crippen LogP contribution in [0.5, 0.6) is 0 Å². The van der Waals surface area contributed by atoms with Gasteiger partial charge in [0.15, 0.2) is 0 Å². The average molecular weight is 334 g/mol. The molecule has 0 aromatic heterocycles. The largest absolute Gasteiger partial charge is 0.394 e. The summed E-state index contributed by atoms with van der Waals surface area (Å²) in [6.45, 7) is 6.09. The van der Waals surface area contributed by atoms with E-state index in [-0.39, 0.29) is 12.2 Å². The van der Waals surface area contributed by atoms with Gasteiger partial charge in [-0.1, -0.05) is 69.4 Å². The summed E-state index contributed by atoms with van der Waals surface area (Å²) < 4.78 is 6.15. The van der Waals surface area contributed by atoms with Gasteiger partial charge in [0, 0.05) is 19.6 Å². The summed E-state index contributed by atoms with van der Waals surface area (Å²) in [6.07, 6.45) is 9.87. The van der Waals surface area contributed by atoms with Crippen molar-refractivity contribution in [3.8, 4) is 0 Å². The first-order chi connectivity index (χ1) is 11.8. The molecule has 0 amide bonds. The quantitative estimate of drug-likeness (QED) is 0.610. The van der Waals surface area contributed by atoms with Gasteiger partial charge in [0.25, 0.3) is 0 Å². The van der Waals surface area contributed by atoms with Crippen molar-refractivity contribution in [1.82, 2.24) is 4.90 Å². The van der Waals surface area contributed by atoms with E-state index in [4.69, 9.17) is 9.84 Å². The Morgan fingerprint density at radius 2 is 1.75 bits per heavy atom. The van der Waals surface area contributed by atoms with Gasteiger partial charge in [-0.3, -0.25) is 4.90 Å². The number of piperidine rings is 1. The molecule has 0 unspecified atom stereocenters. The van der Waals surface area contributed by atoms with Crippen LogP contribution in [-0.2, 0) is 11.3 Å². The lowest BCUT2D eigenvalue weighted by molar-refractivity contribution is -0.0994. The molecule has 0 bridgehead atoms. The summed E-state index contributed by atoms with van der Waals surface area (Å²) >= 11 is 0. The number of benzene rings is 1. The number of rotatable bonds is 11. The summed E-state index contributed by atoms with van der Waals surface area (Å²) in [4.78, 5) is 2.53. The minimum atomic E-state index is 0.00212. The molecule has 3 heteroatoms. The third-order valence-corrected chi connectivity index (χ3v) is 5.25. The average Bonchev–Trinajstić information content (AvgIpc) is 2.63. The Balaban J connectivity index is 1.79. The first kappa shape index (κ1) is 19.4. The van der Waals surface area contributed by atoms with E-state index in [9.17, 15) is 0 Å². The molecule has 0 spiro atoms. The van der Waals surface area contributed by atoms with Crippen molar-refractivity contribution in [1.29, 1.82) is 0 Å². The van der Waals surface area contributed by atoms with E-state index >= 15 is 0 Å². The third-order valence-electron chi connectivity index (χ3n) is 5.25. The van der Waals surface area contributed by atoms with Gasteiger partial charge in [-0.05, 0) is 24.8 Å². The molecule has 0 radical (unpaired) electrons. The van der Waals surface area contributed by atoms with Crippen molar-refractivity contribution in [2.75, 3.05) is 26.3 Å². The van der Waals surface area contributed by atoms with Gasteiger partial charge >= 0.3 is 0 Å². The number of hydrogen-bond donors (Lipinski definition) is 1. The van der Waals surface area contributed by atoms with Crippen LogP contribution in [0.4, 0.5) is 0 Å². The zero-order valence-electron chi connectivity index (χ0n) is 15.4. The molecule has 3 nitrogen and oxygen atoms in total. The summed E-state index contributed by atoms with van der Waals surface area (Å²) in [5.74, 6) is 0. The van der Waals surface area contributed by atoms with Crippen LogP contribution in [0.25, 0.3) is 0 Å². The lowest BCUT2D eigenvalue weighted by Gasteiger charge is -2.42. The van der Waals surface area contributed by atoms with Crippen molar-refractivity contribution in [3.05, 3.63) is 35.9 Å². The maximum atomic E-state index is 9.16. The highest BCUT2D eigenvalue weighted by Gasteiger charge is 2.34. The standard InChI is InChI=1S/C21H35NO2/c1-2-3-4-5-9-12-21(24-18-17-23)13-15-22(16-14-21)19-20-10-7-6-8-11-20/h6-8,10-11,23H,2-5,9,12-19H2,1H3. The second-order valence-corrected chi connectivity index (χ2v) is 7.18. The van der Waals surface area contributed by atoms with E-state index in [0.29, 0.717) is 6.61 Å². The number of nitrogens with zero attached hydrogens (tertiary/aromatic N) is 1. The molecule has 0 atom stereocenters. The van der Waals surface area contributed by atoms with Gasteiger partial charge in [0.2, 0.25) is 0 Å². The lowest BCUT2D eigenvalue weighted by atomic mass is 9.85. The fourth-order valence-electron chi connectivity index (χ4n) is 3.74. The van der Waals surface area contributed by atoms with E-state index in [0.717, 1.165) is 38.9 Å². The summed E-state index contributed by atoms with van der Waals surface area (Å²) in [6, 6.07) is 10.7. The molecule has 1 aromatic carbocycles. The van der Waals surface area contributed by atoms with E-state index in [1.807, 2.05) is 0 Å². The Hall–Kier alpha value is -0.900. The van der Waals surface area contributed by atoms with Gasteiger partial charge in [0.05, 0.1) is 18.8 Å². The van der Waals surface area contributed by atoms with Crippen molar-refractivity contribution < 1.29 is 9.84 Å². The van der Waals surface area contributed by atoms with Crippen LogP contribution in [-0.4, -0.2) is 41.9 Å². The number of likely N-dealkylation sites (tertiary alicyclic amines) is 1. The highest BCUT2D eigenvalue weighted by Crippen LogP contribution is 2.32. The number of unbranched alkanes of at least 4 members (excludes halogenated alkanes) is 4. The van der Waals surface area contributed by atoms with Crippen LogP contribution in [0.3, 0.4) is 0 Å². The Morgan fingerprint density at radius 1 is 1.04 bits per heavy atom. The number of aliphatic hydroxyl groups is 1. The maximum Gasteiger partial charge on any atom is 0.0708 e. The lowest BCUT2D eigenvalue weighted by Crippen LogP contribution is -2.46. The van der Waals surface area contributed by atoms with Crippen LogP contribution in [0.1, 0.15) is 63.9 Å². The summed E-state index contributed by atoms with van der Waals surface area (Å²) in [5.41, 5.74) is 1.39. The molecule has 1 aromatic rings. The van der Waals surface area contributed by atoms with Crippen LogP contribution in [0.2, 0.25) is 0 Å². The fraction of sp³-hybridized carbons (Fsp3) is 0.714. The van der Waals surface area contributed by atoms with Crippen LogP contribution < -0.4 is 0 Å². The molecular formula is C21H35NO2. The van der Waals surface area contributed by atoms with Crippen LogP contribution >= 0.6 is 0 Å². The van der Waals surface area contributed by atoms with Crippen molar-refractivity contribution in [2.45, 2.75) is 70.4 Å². The first-order valence-corrected chi connectivity index (χ1v) is 9.79. The van der Waals surface area contributed by atoms with Gasteiger partial charge < -0.3 is 9.84 Å². The van der Waals surface area contributed by atoms with E-state index in [1.165, 1.54) is 37.7 Å². The predicted molar refractivity (Wildman–Crippen MR) is 100 cm³/mol. The molecule has 24 heavy (non-hydrogen) atoms. The smallest absolute Gasteiger partial charge is 0.0708 e. The molecular weight excluding hydrogens is 298 g/mol. The minimum absolute atomic E-state index is 0.00212. The van der Waals surface area contributed by atoms with Gasteiger partial charge in [-0.15, -0.1) is 0 Å². The summed E-state index contributed by atoms with van der Waals surface area (Å²) in [5, 5.41) is 9.16. The van der Waals surface area contributed by atoms with E-state index in [2.05, 4.69) is 42.2 Å². The Bertz CT molecular complexity index is 427. The highest BCUT2D eigenvalue weighted by molar-refractivity contribution is 5.14. The molecule has 0 aliphatic carbocycles. The monoisotopic (exact) mass is 333 g/mol. The maximum absolute atomic E-state index is 9.16. The molecule has 1 aliphatic rings. The molecule has 1 heterocycles. The second-order valence-electron chi connectivity index (χ2n) is 7.18. The molecule has 2 rings (SSSR count). The SMILES string of the molecule is CCCCCCCC1(OCCO)CCN(Cc2ccccc2)CC1. The normalized spacial score (nSPS) is 17.9. The Morgan fingerprint density at radius 3 is 2.42 bits per heavy atom. The zero-order chi connectivity index (χ0) is 17.1. The number of hydrogen-bond acceptors (Lipinski definition) is 3. The molecule has 136 valence electrons. The van der Waals surface area contributed by atoms with Crippen molar-refractivity contribution in [3.63, 3.8) is 0 Å². The zero-order valence-corrected chi connectivity index (χ0v) is 15.4. The minimum Gasteiger partial charge on any atom is -0.394 e. The Labute approximate surface area is 148 Å². The van der Waals surface area contributed by atoms with Gasteiger partial charge in [0.1, 0.15) is 0 Å². The van der Waals surface area contributed by atoms with Crippen LogP contribution in [0.15, 0.2) is 30.3 Å². The third kappa shape index (κ3) is 6.54. The van der Waals surface area contributed by atoms with Gasteiger partial charge in [-0.2, -0.15) is 0 Å². The summed E-state index contributed by atoms with van der Waals surface area (Å²) in [7, 11) is 0. The van der Waals surface area contributed by atoms with E-state index in [1.54, 1.807) is 0 Å². The highest BCUT2D eigenvalue weighted by atomic mass is 16.5.